The van der Waals surface area contributed by atoms with Crippen molar-refractivity contribution in [3.05, 3.63) is 23.8 Å². The highest BCUT2D eigenvalue weighted by atomic mass is 31.0. The van der Waals surface area contributed by atoms with E-state index < -0.39 is 0 Å². The van der Waals surface area contributed by atoms with Crippen LogP contribution >= 0.6 is 9.24 Å². The molecule has 0 bridgehead atoms. The highest BCUT2D eigenvalue weighted by Crippen LogP contribution is 2.22. The van der Waals surface area contributed by atoms with Crippen molar-refractivity contribution in [1.82, 2.24) is 5.32 Å². The van der Waals surface area contributed by atoms with Gasteiger partial charge in [-0.15, -0.1) is 9.24 Å². The average molecular weight is 239 g/mol. The van der Waals surface area contributed by atoms with E-state index in [0.29, 0.717) is 11.7 Å². The largest absolute Gasteiger partial charge is 0.508 e. The molecular weight excluding hydrogens is 221 g/mol. The Bertz CT molecular complexity index is 379. The fraction of sp³-hybridized carbons (Fsp3) is 0.364. The molecule has 1 aromatic rings. The maximum Gasteiger partial charge on any atom is 0.195 e. The molecule has 0 aliphatic carbocycles. The van der Waals surface area contributed by atoms with E-state index in [2.05, 4.69) is 24.9 Å². The van der Waals surface area contributed by atoms with E-state index in [1.54, 1.807) is 20.2 Å². The number of nitrogens with zero attached hydrogens (tertiary/aromatic N) is 1. The first-order chi connectivity index (χ1) is 7.71. The molecule has 16 heavy (non-hydrogen) atoms. The summed E-state index contributed by atoms with van der Waals surface area (Å²) in [4.78, 5) is 4.03. The van der Waals surface area contributed by atoms with Crippen LogP contribution in [0.3, 0.4) is 0 Å². The second-order valence-corrected chi connectivity index (χ2v) is 3.91. The Labute approximate surface area is 98.4 Å². The molecule has 1 atom stereocenters. The van der Waals surface area contributed by atoms with Crippen LogP contribution in [-0.4, -0.2) is 31.3 Å². The molecule has 0 heterocycles. The van der Waals surface area contributed by atoms with Crippen LogP contribution in [0.1, 0.15) is 5.56 Å². The van der Waals surface area contributed by atoms with Crippen LogP contribution in [0.5, 0.6) is 5.75 Å². The first kappa shape index (κ1) is 12.8. The fourth-order valence-electron chi connectivity index (χ4n) is 1.39. The Morgan fingerprint density at radius 2 is 2.25 bits per heavy atom. The van der Waals surface area contributed by atoms with Crippen LogP contribution in [0.15, 0.2) is 23.2 Å². The monoisotopic (exact) mass is 239 g/mol. The SMILES string of the molecule is CN=C(NC)Nc1ccc(O)c(CCP)c1. The number of aliphatic imine (C=N–C) groups is 1. The molecule has 88 valence electrons. The van der Waals surface area contributed by atoms with Crippen molar-refractivity contribution in [2.24, 2.45) is 4.99 Å². The van der Waals surface area contributed by atoms with Gasteiger partial charge in [0.05, 0.1) is 0 Å². The Morgan fingerprint density at radius 3 is 2.81 bits per heavy atom. The summed E-state index contributed by atoms with van der Waals surface area (Å²) in [7, 11) is 6.17. The first-order valence-electron chi connectivity index (χ1n) is 5.14. The molecule has 3 N–H and O–H groups in total. The molecule has 0 amide bonds. The molecule has 0 radical (unpaired) electrons. The molecular formula is C11H18N3OP. The third-order valence-corrected chi connectivity index (χ3v) is 2.50. The molecule has 4 nitrogen and oxygen atoms in total. The number of rotatable bonds is 3. The topological polar surface area (TPSA) is 56.7 Å². The Balaban J connectivity index is 2.85. The predicted molar refractivity (Wildman–Crippen MR) is 72.4 cm³/mol. The third-order valence-electron chi connectivity index (χ3n) is 2.22. The minimum atomic E-state index is 0.340. The van der Waals surface area contributed by atoms with Crippen molar-refractivity contribution in [1.29, 1.82) is 0 Å². The lowest BCUT2D eigenvalue weighted by Crippen LogP contribution is -2.26. The van der Waals surface area contributed by atoms with E-state index in [4.69, 9.17) is 0 Å². The van der Waals surface area contributed by atoms with Crippen LogP contribution in [0.2, 0.25) is 0 Å². The summed E-state index contributed by atoms with van der Waals surface area (Å²) >= 11 is 0. The number of aryl methyl sites for hydroxylation is 1. The highest BCUT2D eigenvalue weighted by Gasteiger charge is 2.03. The standard InChI is InChI=1S/C11H18N3OP/c1-12-11(13-2)14-9-3-4-10(15)8(7-9)5-6-16/h3-4,7,15H,5-6,16H2,1-2H3,(H2,12,13,14). The molecule has 1 unspecified atom stereocenters. The maximum absolute atomic E-state index is 9.63. The number of phenols is 1. The van der Waals surface area contributed by atoms with Gasteiger partial charge in [0.25, 0.3) is 0 Å². The summed E-state index contributed by atoms with van der Waals surface area (Å²) < 4.78 is 0. The van der Waals surface area contributed by atoms with Crippen molar-refractivity contribution in [2.45, 2.75) is 6.42 Å². The second-order valence-electron chi connectivity index (χ2n) is 3.33. The zero-order valence-electron chi connectivity index (χ0n) is 9.62. The van der Waals surface area contributed by atoms with Gasteiger partial charge in [0, 0.05) is 19.8 Å². The number of hydrogen-bond acceptors (Lipinski definition) is 2. The zero-order valence-corrected chi connectivity index (χ0v) is 10.8. The van der Waals surface area contributed by atoms with Gasteiger partial charge < -0.3 is 15.7 Å². The lowest BCUT2D eigenvalue weighted by molar-refractivity contribution is 0.469. The van der Waals surface area contributed by atoms with Gasteiger partial charge in [-0.3, -0.25) is 4.99 Å². The van der Waals surface area contributed by atoms with Gasteiger partial charge in [0.2, 0.25) is 0 Å². The van der Waals surface area contributed by atoms with Gasteiger partial charge in [-0.1, -0.05) is 0 Å². The molecule has 0 aliphatic heterocycles. The summed E-state index contributed by atoms with van der Waals surface area (Å²) in [5.74, 6) is 1.04. The summed E-state index contributed by atoms with van der Waals surface area (Å²) in [5.41, 5.74) is 1.85. The van der Waals surface area contributed by atoms with Crippen molar-refractivity contribution in [3.63, 3.8) is 0 Å². The van der Waals surface area contributed by atoms with Crippen molar-refractivity contribution >= 4 is 20.9 Å². The van der Waals surface area contributed by atoms with Gasteiger partial charge in [0.15, 0.2) is 5.96 Å². The molecule has 1 aromatic carbocycles. The summed E-state index contributed by atoms with van der Waals surface area (Å²) in [5, 5.41) is 15.7. The number of hydrogen-bond donors (Lipinski definition) is 3. The van der Waals surface area contributed by atoms with Gasteiger partial charge in [0.1, 0.15) is 5.75 Å². The second kappa shape index (κ2) is 6.33. The first-order valence-corrected chi connectivity index (χ1v) is 5.96. The van der Waals surface area contributed by atoms with Gasteiger partial charge in [-0.2, -0.15) is 0 Å². The Kier molecular flexibility index (Phi) is 5.06. The zero-order chi connectivity index (χ0) is 12.0. The average Bonchev–Trinajstić information content (AvgIpc) is 2.30. The number of aromatic hydroxyl groups is 1. The summed E-state index contributed by atoms with van der Waals surface area (Å²) in [6.45, 7) is 0. The van der Waals surface area contributed by atoms with E-state index in [-0.39, 0.29) is 0 Å². The normalized spacial score (nSPS) is 11.3. The molecule has 1 rings (SSSR count). The molecule has 5 heteroatoms. The summed E-state index contributed by atoms with van der Waals surface area (Å²) in [6, 6.07) is 5.45. The summed E-state index contributed by atoms with van der Waals surface area (Å²) in [6.07, 6.45) is 1.77. The van der Waals surface area contributed by atoms with Crippen LogP contribution in [0.4, 0.5) is 5.69 Å². The van der Waals surface area contributed by atoms with Crippen molar-refractivity contribution in [3.8, 4) is 5.75 Å². The number of benzene rings is 1. The van der Waals surface area contributed by atoms with Crippen molar-refractivity contribution in [2.75, 3.05) is 25.6 Å². The minimum Gasteiger partial charge on any atom is -0.508 e. The molecule has 0 aromatic heterocycles. The Hall–Kier alpha value is -1.28. The molecule has 0 spiro atoms. The molecule has 0 saturated carbocycles. The molecule has 0 aliphatic rings. The van der Waals surface area contributed by atoms with E-state index >= 15 is 0 Å². The highest BCUT2D eigenvalue weighted by molar-refractivity contribution is 7.16. The number of anilines is 1. The van der Waals surface area contributed by atoms with E-state index in [9.17, 15) is 5.11 Å². The van der Waals surface area contributed by atoms with Gasteiger partial charge in [-0.25, -0.2) is 0 Å². The minimum absolute atomic E-state index is 0.340. The maximum atomic E-state index is 9.63. The molecule has 0 fully saturated rings. The van der Waals surface area contributed by atoms with Crippen molar-refractivity contribution < 1.29 is 5.11 Å². The lowest BCUT2D eigenvalue weighted by atomic mass is 10.1. The van der Waals surface area contributed by atoms with Crippen LogP contribution in [0.25, 0.3) is 0 Å². The number of nitrogens with one attached hydrogen (secondary N) is 2. The smallest absolute Gasteiger partial charge is 0.195 e. The lowest BCUT2D eigenvalue weighted by Gasteiger charge is -2.10. The third kappa shape index (κ3) is 3.38. The van der Waals surface area contributed by atoms with Crippen LogP contribution in [-0.2, 0) is 6.42 Å². The van der Waals surface area contributed by atoms with Gasteiger partial charge >= 0.3 is 0 Å². The van der Waals surface area contributed by atoms with E-state index in [0.717, 1.165) is 23.8 Å². The fourth-order valence-corrected chi connectivity index (χ4v) is 1.70. The predicted octanol–water partition coefficient (Wildman–Crippen LogP) is 1.43. The number of guanidine groups is 1. The number of phenolic OH excluding ortho intramolecular Hbond substituents is 1. The Morgan fingerprint density at radius 1 is 1.50 bits per heavy atom. The van der Waals surface area contributed by atoms with Crippen LogP contribution in [0, 0.1) is 0 Å². The van der Waals surface area contributed by atoms with E-state index in [1.807, 2.05) is 12.1 Å². The van der Waals surface area contributed by atoms with Gasteiger partial charge in [-0.05, 0) is 36.3 Å². The van der Waals surface area contributed by atoms with E-state index in [1.165, 1.54) is 0 Å². The van der Waals surface area contributed by atoms with Crippen LogP contribution < -0.4 is 10.6 Å². The molecule has 0 saturated heterocycles. The quantitative estimate of drug-likeness (QED) is 0.324.